The first-order chi connectivity index (χ1) is 14.7. The maximum absolute atomic E-state index is 14.0. The fraction of sp³-hybridized carbons (Fsp3) is 0.652. The normalized spacial score (nSPS) is 29.2. The van der Waals surface area contributed by atoms with Crippen molar-refractivity contribution in [3.05, 3.63) is 35.4 Å². The number of ether oxygens (including phenoxy) is 1. The number of nitrogens with zero attached hydrogens (tertiary/aromatic N) is 2. The summed E-state index contributed by atoms with van der Waals surface area (Å²) in [6.45, 7) is 5.65. The minimum atomic E-state index is -0.504. The summed E-state index contributed by atoms with van der Waals surface area (Å²) in [6, 6.07) is 4.44. The highest BCUT2D eigenvalue weighted by atomic mass is 127. The summed E-state index contributed by atoms with van der Waals surface area (Å²) in [6.07, 6.45) is 4.05. The lowest BCUT2D eigenvalue weighted by Gasteiger charge is -2.40. The number of aliphatic imine (C=N–C) groups is 1. The molecule has 4 rings (SSSR count). The molecule has 3 aliphatic rings. The van der Waals surface area contributed by atoms with Crippen molar-refractivity contribution in [2.24, 2.45) is 4.99 Å². The van der Waals surface area contributed by atoms with Crippen LogP contribution in [0.1, 0.15) is 64.4 Å². The highest BCUT2D eigenvalue weighted by molar-refractivity contribution is 14.0. The van der Waals surface area contributed by atoms with Gasteiger partial charge < -0.3 is 20.3 Å². The Morgan fingerprint density at radius 1 is 1.09 bits per heavy atom. The smallest absolute Gasteiger partial charge is 0.410 e. The van der Waals surface area contributed by atoms with Crippen molar-refractivity contribution in [3.8, 4) is 0 Å². The molecule has 178 valence electrons. The molecule has 2 N–H and O–H groups in total. The van der Waals surface area contributed by atoms with Crippen molar-refractivity contribution >= 4 is 36.0 Å². The van der Waals surface area contributed by atoms with E-state index in [9.17, 15) is 13.6 Å². The lowest BCUT2D eigenvalue weighted by atomic mass is 9.98. The number of piperidine rings is 1. The van der Waals surface area contributed by atoms with Gasteiger partial charge in [-0.2, -0.15) is 0 Å². The number of amides is 1. The van der Waals surface area contributed by atoms with E-state index in [1.165, 1.54) is 18.2 Å². The van der Waals surface area contributed by atoms with Crippen LogP contribution in [0.3, 0.4) is 0 Å². The summed E-state index contributed by atoms with van der Waals surface area (Å²) in [5.41, 5.74) is -0.352. The summed E-state index contributed by atoms with van der Waals surface area (Å²) < 4.78 is 33.7. The minimum Gasteiger partial charge on any atom is -0.444 e. The number of carbonyl (C=O) groups excluding carboxylic acids is 1. The molecule has 1 aliphatic carbocycles. The zero-order valence-corrected chi connectivity index (χ0v) is 21.4. The van der Waals surface area contributed by atoms with E-state index in [0.29, 0.717) is 12.4 Å². The van der Waals surface area contributed by atoms with Crippen LogP contribution in [-0.2, 0) is 4.74 Å². The molecule has 6 nitrogen and oxygen atoms in total. The van der Waals surface area contributed by atoms with Gasteiger partial charge in [0.1, 0.15) is 17.2 Å². The van der Waals surface area contributed by atoms with E-state index in [4.69, 9.17) is 4.74 Å². The average molecular weight is 562 g/mol. The number of hydrogen-bond donors (Lipinski definition) is 2. The third-order valence-electron chi connectivity index (χ3n) is 6.38. The molecule has 2 bridgehead atoms. The first-order valence-electron chi connectivity index (χ1n) is 11.1. The summed E-state index contributed by atoms with van der Waals surface area (Å²) in [5.74, 6) is -0.545. The van der Waals surface area contributed by atoms with Gasteiger partial charge in [0, 0.05) is 42.7 Å². The van der Waals surface area contributed by atoms with Crippen molar-refractivity contribution in [2.45, 2.75) is 88.6 Å². The molecule has 2 heterocycles. The first-order valence-corrected chi connectivity index (χ1v) is 11.1. The fourth-order valence-electron chi connectivity index (χ4n) is 4.99. The van der Waals surface area contributed by atoms with Crippen molar-refractivity contribution in [3.63, 3.8) is 0 Å². The van der Waals surface area contributed by atoms with Gasteiger partial charge in [0.2, 0.25) is 0 Å². The highest BCUT2D eigenvalue weighted by Gasteiger charge is 2.46. The van der Waals surface area contributed by atoms with Crippen molar-refractivity contribution in [2.75, 3.05) is 7.05 Å². The Morgan fingerprint density at radius 2 is 1.69 bits per heavy atom. The summed E-state index contributed by atoms with van der Waals surface area (Å²) in [7, 11) is 1.70. The van der Waals surface area contributed by atoms with Crippen molar-refractivity contribution in [1.29, 1.82) is 0 Å². The van der Waals surface area contributed by atoms with E-state index in [0.717, 1.165) is 25.7 Å². The molecule has 4 atom stereocenters. The first kappa shape index (κ1) is 25.0. The third kappa shape index (κ3) is 5.46. The van der Waals surface area contributed by atoms with E-state index < -0.39 is 17.2 Å². The van der Waals surface area contributed by atoms with Crippen molar-refractivity contribution in [1.82, 2.24) is 15.5 Å². The summed E-state index contributed by atoms with van der Waals surface area (Å²) in [5, 5.41) is 6.77. The number of halogens is 3. The Balaban J connectivity index is 0.00000289. The predicted molar refractivity (Wildman–Crippen MR) is 130 cm³/mol. The second-order valence-electron chi connectivity index (χ2n) is 9.89. The molecule has 9 heteroatoms. The topological polar surface area (TPSA) is 66.0 Å². The maximum Gasteiger partial charge on any atom is 0.410 e. The van der Waals surface area contributed by atoms with Gasteiger partial charge in [-0.3, -0.25) is 4.99 Å². The van der Waals surface area contributed by atoms with Gasteiger partial charge in [-0.15, -0.1) is 24.0 Å². The zero-order valence-electron chi connectivity index (χ0n) is 19.0. The van der Waals surface area contributed by atoms with Crippen LogP contribution in [0, 0.1) is 11.6 Å². The number of carbonyl (C=O) groups is 1. The predicted octanol–water partition coefficient (Wildman–Crippen LogP) is 4.53. The molecule has 2 saturated heterocycles. The molecule has 0 aromatic heterocycles. The summed E-state index contributed by atoms with van der Waals surface area (Å²) >= 11 is 0. The van der Waals surface area contributed by atoms with Crippen LogP contribution in [0.15, 0.2) is 23.2 Å². The Hall–Kier alpha value is -1.65. The maximum atomic E-state index is 14.0. The number of nitrogens with one attached hydrogen (secondary N) is 2. The van der Waals surface area contributed by atoms with Crippen LogP contribution in [0.5, 0.6) is 0 Å². The number of guanidine groups is 1. The Labute approximate surface area is 205 Å². The van der Waals surface area contributed by atoms with Crippen molar-refractivity contribution < 1.29 is 18.3 Å². The van der Waals surface area contributed by atoms with E-state index in [-0.39, 0.29) is 65.7 Å². The van der Waals surface area contributed by atoms with Crippen LogP contribution >= 0.6 is 24.0 Å². The second kappa shape index (κ2) is 9.69. The van der Waals surface area contributed by atoms with E-state index in [2.05, 4.69) is 15.6 Å². The third-order valence-corrected chi connectivity index (χ3v) is 6.38. The molecule has 32 heavy (non-hydrogen) atoms. The largest absolute Gasteiger partial charge is 0.444 e. The molecule has 1 amide bonds. The quantitative estimate of drug-likeness (QED) is 0.323. The van der Waals surface area contributed by atoms with Crippen LogP contribution < -0.4 is 10.6 Å². The van der Waals surface area contributed by atoms with Gasteiger partial charge in [-0.1, -0.05) is 6.07 Å². The van der Waals surface area contributed by atoms with Crippen LogP contribution in [-0.4, -0.2) is 53.8 Å². The van der Waals surface area contributed by atoms with Crippen LogP contribution in [0.4, 0.5) is 13.6 Å². The molecule has 4 unspecified atom stereocenters. The van der Waals surface area contributed by atoms with Gasteiger partial charge in [0.05, 0.1) is 0 Å². The minimum absolute atomic E-state index is 0. The second-order valence-corrected chi connectivity index (χ2v) is 9.89. The lowest BCUT2D eigenvalue weighted by molar-refractivity contribution is 0.00545. The van der Waals surface area contributed by atoms with Gasteiger partial charge in [-0.25, -0.2) is 13.6 Å². The summed E-state index contributed by atoms with van der Waals surface area (Å²) in [4.78, 5) is 18.8. The standard InChI is InChI=1S/C23H32F2N4O2.HI/c1-23(2,3)31-22(30)29-14-8-9-15(29)11-13(10-14)27-21(26-4)28-19-12-16(19)20-17(24)6-5-7-18(20)25;/h5-7,13-16,19H,8-12H2,1-4H3,(H2,26,27,28);1H. The van der Waals surface area contributed by atoms with Crippen LogP contribution in [0.25, 0.3) is 0 Å². The lowest BCUT2D eigenvalue weighted by Crippen LogP contribution is -2.55. The monoisotopic (exact) mass is 562 g/mol. The average Bonchev–Trinajstić information content (AvgIpc) is 3.35. The number of benzene rings is 1. The fourth-order valence-corrected chi connectivity index (χ4v) is 4.99. The molecule has 1 saturated carbocycles. The van der Waals surface area contributed by atoms with Gasteiger partial charge >= 0.3 is 6.09 Å². The van der Waals surface area contributed by atoms with Gasteiger partial charge in [-0.05, 0) is 65.0 Å². The Bertz CT molecular complexity index is 842. The number of hydrogen-bond acceptors (Lipinski definition) is 3. The van der Waals surface area contributed by atoms with E-state index >= 15 is 0 Å². The highest BCUT2D eigenvalue weighted by Crippen LogP contribution is 2.43. The SMILES string of the molecule is CN=C(NC1CC2CCC(C1)N2C(=O)OC(C)(C)C)NC1CC1c1c(F)cccc1F.I. The van der Waals surface area contributed by atoms with Gasteiger partial charge in [0.15, 0.2) is 5.96 Å². The van der Waals surface area contributed by atoms with Crippen LogP contribution in [0.2, 0.25) is 0 Å². The molecule has 2 aliphatic heterocycles. The number of rotatable bonds is 3. The molecular weight excluding hydrogens is 529 g/mol. The molecule has 0 radical (unpaired) electrons. The molecular formula is C23H33F2IN4O2. The Kier molecular flexibility index (Phi) is 7.56. The van der Waals surface area contributed by atoms with E-state index in [1.54, 1.807) is 7.05 Å². The number of fused-ring (bicyclic) bond motifs is 2. The van der Waals surface area contributed by atoms with E-state index in [1.807, 2.05) is 25.7 Å². The molecule has 3 fully saturated rings. The zero-order chi connectivity index (χ0) is 22.3. The molecule has 1 aromatic carbocycles. The van der Waals surface area contributed by atoms with Gasteiger partial charge in [0.25, 0.3) is 0 Å². The molecule has 0 spiro atoms. The Morgan fingerprint density at radius 3 is 2.22 bits per heavy atom. The molecule has 1 aromatic rings.